The highest BCUT2D eigenvalue weighted by Gasteiger charge is 2.29. The van der Waals surface area contributed by atoms with Crippen LogP contribution in [-0.2, 0) is 14.8 Å². The van der Waals surface area contributed by atoms with Gasteiger partial charge in [-0.1, -0.05) is 37.6 Å². The Kier molecular flexibility index (Phi) is 5.79. The van der Waals surface area contributed by atoms with Gasteiger partial charge >= 0.3 is 0 Å². The maximum atomic E-state index is 12.6. The molecule has 130 valence electrons. The van der Waals surface area contributed by atoms with Crippen LogP contribution >= 0.6 is 11.3 Å². The number of carbonyl (C=O) groups is 1. The zero-order valence-corrected chi connectivity index (χ0v) is 15.8. The zero-order chi connectivity index (χ0) is 17.9. The number of rotatable bonds is 6. The third kappa shape index (κ3) is 4.43. The molecular weight excluding hydrogens is 344 g/mol. The fraction of sp³-hybridized carbons (Fsp3) is 0.353. The van der Waals surface area contributed by atoms with E-state index in [1.807, 2.05) is 45.9 Å². The van der Waals surface area contributed by atoms with Gasteiger partial charge in [0.1, 0.15) is 10.3 Å². The molecular formula is C17H22N2O3S2. The molecule has 0 saturated carbocycles. The van der Waals surface area contributed by atoms with E-state index in [2.05, 4.69) is 10.0 Å². The Morgan fingerprint density at radius 1 is 1.17 bits per heavy atom. The summed E-state index contributed by atoms with van der Waals surface area (Å²) in [7, 11) is -3.71. The highest BCUT2D eigenvalue weighted by Crippen LogP contribution is 2.20. The SMILES string of the molecule is Cc1ccc(NC(=O)C(NS(=O)(=O)c2cccs2)C(C)C)c(C)c1. The number of amides is 1. The lowest BCUT2D eigenvalue weighted by molar-refractivity contribution is -0.118. The fourth-order valence-electron chi connectivity index (χ4n) is 2.30. The lowest BCUT2D eigenvalue weighted by atomic mass is 10.0. The van der Waals surface area contributed by atoms with Crippen LogP contribution in [0.2, 0.25) is 0 Å². The lowest BCUT2D eigenvalue weighted by Crippen LogP contribution is -2.46. The van der Waals surface area contributed by atoms with E-state index >= 15 is 0 Å². The Hall–Kier alpha value is -1.70. The minimum atomic E-state index is -3.71. The van der Waals surface area contributed by atoms with Crippen molar-refractivity contribution < 1.29 is 13.2 Å². The van der Waals surface area contributed by atoms with Gasteiger partial charge in [0.15, 0.2) is 0 Å². The van der Waals surface area contributed by atoms with E-state index < -0.39 is 16.1 Å². The summed E-state index contributed by atoms with van der Waals surface area (Å²) >= 11 is 1.12. The summed E-state index contributed by atoms with van der Waals surface area (Å²) in [6.07, 6.45) is 0. The van der Waals surface area contributed by atoms with Crippen molar-refractivity contribution >= 4 is 33.0 Å². The molecule has 1 aromatic heterocycles. The van der Waals surface area contributed by atoms with Crippen LogP contribution in [0, 0.1) is 19.8 Å². The van der Waals surface area contributed by atoms with Crippen LogP contribution in [0.1, 0.15) is 25.0 Å². The van der Waals surface area contributed by atoms with Crippen LogP contribution in [0.4, 0.5) is 5.69 Å². The first-order valence-electron chi connectivity index (χ1n) is 7.64. The van der Waals surface area contributed by atoms with Crippen molar-refractivity contribution in [3.63, 3.8) is 0 Å². The van der Waals surface area contributed by atoms with Crippen molar-refractivity contribution in [3.8, 4) is 0 Å². The number of aryl methyl sites for hydroxylation is 2. The summed E-state index contributed by atoms with van der Waals surface area (Å²) in [6.45, 7) is 7.50. The van der Waals surface area contributed by atoms with E-state index in [9.17, 15) is 13.2 Å². The minimum absolute atomic E-state index is 0.189. The summed E-state index contributed by atoms with van der Waals surface area (Å²) in [5.74, 6) is -0.553. The predicted molar refractivity (Wildman–Crippen MR) is 97.8 cm³/mol. The van der Waals surface area contributed by atoms with Crippen LogP contribution in [0.3, 0.4) is 0 Å². The number of thiophene rings is 1. The van der Waals surface area contributed by atoms with Gasteiger partial charge in [0.25, 0.3) is 10.0 Å². The molecule has 1 unspecified atom stereocenters. The summed E-state index contributed by atoms with van der Waals surface area (Å²) in [4.78, 5) is 12.6. The highest BCUT2D eigenvalue weighted by atomic mass is 32.2. The van der Waals surface area contributed by atoms with Gasteiger partial charge < -0.3 is 5.32 Å². The number of anilines is 1. The number of carbonyl (C=O) groups excluding carboxylic acids is 1. The van der Waals surface area contributed by atoms with Gasteiger partial charge in [-0.05, 0) is 42.8 Å². The van der Waals surface area contributed by atoms with Crippen LogP contribution in [0.15, 0.2) is 39.9 Å². The van der Waals surface area contributed by atoms with Crippen molar-refractivity contribution in [1.82, 2.24) is 4.72 Å². The summed E-state index contributed by atoms with van der Waals surface area (Å²) in [5.41, 5.74) is 2.72. The number of nitrogens with one attached hydrogen (secondary N) is 2. The number of benzene rings is 1. The maximum Gasteiger partial charge on any atom is 0.250 e. The van der Waals surface area contributed by atoms with Gasteiger partial charge in [-0.15, -0.1) is 11.3 Å². The molecule has 2 N–H and O–H groups in total. The van der Waals surface area contributed by atoms with E-state index in [0.29, 0.717) is 5.69 Å². The molecule has 2 aromatic rings. The van der Waals surface area contributed by atoms with E-state index in [1.54, 1.807) is 11.4 Å². The molecule has 24 heavy (non-hydrogen) atoms. The quantitative estimate of drug-likeness (QED) is 0.823. The normalized spacial score (nSPS) is 13.0. The molecule has 7 heteroatoms. The fourth-order valence-corrected chi connectivity index (χ4v) is 4.65. The van der Waals surface area contributed by atoms with Gasteiger partial charge in [-0.3, -0.25) is 4.79 Å². The molecule has 0 radical (unpaired) electrons. The Labute approximate surface area is 147 Å². The molecule has 0 bridgehead atoms. The number of hydrogen-bond donors (Lipinski definition) is 2. The third-order valence-corrected chi connectivity index (χ3v) is 6.47. The summed E-state index contributed by atoms with van der Waals surface area (Å²) < 4.78 is 27.5. The van der Waals surface area contributed by atoms with Crippen LogP contribution < -0.4 is 10.0 Å². The Morgan fingerprint density at radius 2 is 1.88 bits per heavy atom. The van der Waals surface area contributed by atoms with Gasteiger partial charge in [-0.2, -0.15) is 4.72 Å². The standard InChI is InChI=1S/C17H22N2O3S2/c1-11(2)16(19-24(21,22)15-6-5-9-23-15)17(20)18-14-8-7-12(3)10-13(14)4/h5-11,16,19H,1-4H3,(H,18,20). The Morgan fingerprint density at radius 3 is 2.42 bits per heavy atom. The molecule has 0 spiro atoms. The van der Waals surface area contributed by atoms with Crippen molar-refractivity contribution in [2.75, 3.05) is 5.32 Å². The lowest BCUT2D eigenvalue weighted by Gasteiger charge is -2.22. The first-order valence-corrected chi connectivity index (χ1v) is 10.0. The van der Waals surface area contributed by atoms with E-state index in [1.165, 1.54) is 6.07 Å². The monoisotopic (exact) mass is 366 g/mol. The first-order chi connectivity index (χ1) is 11.2. The van der Waals surface area contributed by atoms with Crippen molar-refractivity contribution in [1.29, 1.82) is 0 Å². The molecule has 0 fully saturated rings. The highest BCUT2D eigenvalue weighted by molar-refractivity contribution is 7.91. The van der Waals surface area contributed by atoms with Crippen LogP contribution in [0.25, 0.3) is 0 Å². The first kappa shape index (κ1) is 18.6. The average Bonchev–Trinajstić information content (AvgIpc) is 3.02. The van der Waals surface area contributed by atoms with E-state index in [0.717, 1.165) is 22.5 Å². The summed E-state index contributed by atoms with van der Waals surface area (Å²) in [5, 5.41) is 4.51. The van der Waals surface area contributed by atoms with E-state index in [-0.39, 0.29) is 16.0 Å². The molecule has 2 rings (SSSR count). The zero-order valence-electron chi connectivity index (χ0n) is 14.2. The second-order valence-electron chi connectivity index (χ2n) is 6.08. The molecule has 5 nitrogen and oxygen atoms in total. The average molecular weight is 367 g/mol. The minimum Gasteiger partial charge on any atom is -0.324 e. The van der Waals surface area contributed by atoms with Gasteiger partial charge in [0.2, 0.25) is 5.91 Å². The van der Waals surface area contributed by atoms with E-state index in [4.69, 9.17) is 0 Å². The van der Waals surface area contributed by atoms with Gasteiger partial charge in [0.05, 0.1) is 0 Å². The van der Waals surface area contributed by atoms with Crippen molar-refractivity contribution in [2.24, 2.45) is 5.92 Å². The van der Waals surface area contributed by atoms with Crippen molar-refractivity contribution in [3.05, 3.63) is 46.8 Å². The Bertz CT molecular complexity index is 812. The second-order valence-corrected chi connectivity index (χ2v) is 8.97. The second kappa shape index (κ2) is 7.46. The number of hydrogen-bond acceptors (Lipinski definition) is 4. The largest absolute Gasteiger partial charge is 0.324 e. The molecule has 0 aliphatic carbocycles. The smallest absolute Gasteiger partial charge is 0.250 e. The van der Waals surface area contributed by atoms with Gasteiger partial charge in [0, 0.05) is 5.69 Å². The summed E-state index contributed by atoms with van der Waals surface area (Å²) in [6, 6.07) is 8.04. The molecule has 1 heterocycles. The third-order valence-electron chi connectivity index (χ3n) is 3.63. The van der Waals surface area contributed by atoms with Gasteiger partial charge in [-0.25, -0.2) is 8.42 Å². The van der Waals surface area contributed by atoms with Crippen LogP contribution in [0.5, 0.6) is 0 Å². The van der Waals surface area contributed by atoms with Crippen molar-refractivity contribution in [2.45, 2.75) is 37.9 Å². The molecule has 0 aliphatic rings. The topological polar surface area (TPSA) is 75.3 Å². The van der Waals surface area contributed by atoms with Crippen LogP contribution in [-0.4, -0.2) is 20.4 Å². The molecule has 1 atom stereocenters. The molecule has 0 aliphatic heterocycles. The number of sulfonamides is 1. The molecule has 0 saturated heterocycles. The predicted octanol–water partition coefficient (Wildman–Crippen LogP) is 3.31. The Balaban J connectivity index is 2.19. The maximum absolute atomic E-state index is 12.6. The molecule has 1 aromatic carbocycles. The molecule has 1 amide bonds.